The van der Waals surface area contributed by atoms with Gasteiger partial charge in [0, 0.05) is 22.6 Å². The molecule has 0 radical (unpaired) electrons. The summed E-state index contributed by atoms with van der Waals surface area (Å²) < 4.78 is 6.23. The van der Waals surface area contributed by atoms with Gasteiger partial charge in [0.25, 0.3) is 0 Å². The maximum absolute atomic E-state index is 9.70. The summed E-state index contributed by atoms with van der Waals surface area (Å²) in [6.45, 7) is 0.775. The number of nitrogens with one attached hydrogen (secondary N) is 1. The van der Waals surface area contributed by atoms with E-state index in [-0.39, 0.29) is 5.75 Å². The van der Waals surface area contributed by atoms with Crippen molar-refractivity contribution in [3.05, 3.63) is 64.9 Å². The molecule has 6 heteroatoms. The highest BCUT2D eigenvalue weighted by molar-refractivity contribution is 9.10. The first-order chi connectivity index (χ1) is 12.2. The van der Waals surface area contributed by atoms with Crippen molar-refractivity contribution in [1.29, 1.82) is 0 Å². The summed E-state index contributed by atoms with van der Waals surface area (Å²) in [6, 6.07) is 15.3. The van der Waals surface area contributed by atoms with E-state index in [1.54, 1.807) is 18.2 Å². The summed E-state index contributed by atoms with van der Waals surface area (Å²) in [4.78, 5) is 8.56. The zero-order valence-electron chi connectivity index (χ0n) is 13.7. The number of halogens is 1. The van der Waals surface area contributed by atoms with Crippen LogP contribution in [0, 0.1) is 0 Å². The molecule has 128 valence electrons. The monoisotopic (exact) mass is 399 g/mol. The quantitative estimate of drug-likeness (QED) is 0.647. The molecule has 25 heavy (non-hydrogen) atoms. The molecule has 0 saturated heterocycles. The van der Waals surface area contributed by atoms with Crippen molar-refractivity contribution in [1.82, 2.24) is 9.97 Å². The number of benzene rings is 2. The van der Waals surface area contributed by atoms with Crippen molar-refractivity contribution in [3.63, 3.8) is 0 Å². The summed E-state index contributed by atoms with van der Waals surface area (Å²) in [5.74, 6) is 1.28. The van der Waals surface area contributed by atoms with Gasteiger partial charge in [-0.3, -0.25) is 0 Å². The summed E-state index contributed by atoms with van der Waals surface area (Å²) in [5, 5.41) is 13.0. The van der Waals surface area contributed by atoms with Crippen molar-refractivity contribution in [3.8, 4) is 22.8 Å². The molecule has 0 atom stereocenters. The van der Waals surface area contributed by atoms with Gasteiger partial charge in [-0.2, -0.15) is 0 Å². The lowest BCUT2D eigenvalue weighted by Gasteiger charge is -2.09. The Kier molecular flexibility index (Phi) is 5.50. The van der Waals surface area contributed by atoms with Crippen LogP contribution in [-0.2, 0) is 6.42 Å². The molecule has 0 spiro atoms. The van der Waals surface area contributed by atoms with Gasteiger partial charge in [-0.05, 0) is 42.3 Å². The Morgan fingerprint density at radius 2 is 1.88 bits per heavy atom. The number of nitrogens with zero attached hydrogens (tertiary/aromatic N) is 2. The Morgan fingerprint density at radius 3 is 2.64 bits per heavy atom. The molecule has 5 nitrogen and oxygen atoms in total. The summed E-state index contributed by atoms with van der Waals surface area (Å²) in [6.07, 6.45) is 2.43. The predicted octanol–water partition coefficient (Wildman–Crippen LogP) is 4.27. The molecule has 1 aromatic heterocycles. The van der Waals surface area contributed by atoms with Crippen LogP contribution in [0.2, 0.25) is 0 Å². The Bertz CT molecular complexity index is 854. The molecule has 0 aliphatic heterocycles. The van der Waals surface area contributed by atoms with E-state index in [1.807, 2.05) is 18.2 Å². The molecule has 0 aliphatic carbocycles. The van der Waals surface area contributed by atoms with Crippen LogP contribution in [0.3, 0.4) is 0 Å². The number of ether oxygens (including phenoxy) is 1. The number of methoxy groups -OCH3 is 1. The Balaban J connectivity index is 1.68. The van der Waals surface area contributed by atoms with Crippen LogP contribution in [0.25, 0.3) is 11.3 Å². The molecule has 3 aromatic rings. The fourth-order valence-electron chi connectivity index (χ4n) is 2.43. The zero-order chi connectivity index (χ0) is 17.6. The number of anilines is 1. The van der Waals surface area contributed by atoms with Crippen molar-refractivity contribution in [2.75, 3.05) is 19.0 Å². The van der Waals surface area contributed by atoms with E-state index < -0.39 is 0 Å². The molecule has 0 aliphatic rings. The van der Waals surface area contributed by atoms with Gasteiger partial charge in [0.2, 0.25) is 0 Å². The molecular weight excluding hydrogens is 382 g/mol. The number of phenolic OH excluding ortho intramolecular Hbond substituents is 1. The summed E-state index contributed by atoms with van der Waals surface area (Å²) >= 11 is 3.44. The molecular formula is C19H18BrN3O2. The average Bonchev–Trinajstić information content (AvgIpc) is 2.64. The van der Waals surface area contributed by atoms with Gasteiger partial charge in [-0.15, -0.1) is 0 Å². The standard InChI is InChI=1S/C19H18BrN3O2/c1-25-18-10-14(4-7-17(18)24)16-11-19(23-12-22-16)21-9-8-13-2-5-15(20)6-3-13/h2-7,10-12,24H,8-9H2,1H3,(H,21,22,23). The Labute approximate surface area is 154 Å². The van der Waals surface area contributed by atoms with Crippen LogP contribution in [0.4, 0.5) is 5.82 Å². The molecule has 0 unspecified atom stereocenters. The first kappa shape index (κ1) is 17.2. The summed E-state index contributed by atoms with van der Waals surface area (Å²) in [5.41, 5.74) is 2.88. The molecule has 0 fully saturated rings. The van der Waals surface area contributed by atoms with Gasteiger partial charge >= 0.3 is 0 Å². The third-order valence-electron chi connectivity index (χ3n) is 3.78. The van der Waals surface area contributed by atoms with E-state index in [2.05, 4.69) is 43.3 Å². The van der Waals surface area contributed by atoms with E-state index in [4.69, 9.17) is 4.74 Å². The SMILES string of the molecule is COc1cc(-c2cc(NCCc3ccc(Br)cc3)ncn2)ccc1O. The van der Waals surface area contributed by atoms with Crippen LogP contribution in [0.1, 0.15) is 5.56 Å². The van der Waals surface area contributed by atoms with Crippen molar-refractivity contribution in [2.24, 2.45) is 0 Å². The van der Waals surface area contributed by atoms with Gasteiger partial charge < -0.3 is 15.2 Å². The highest BCUT2D eigenvalue weighted by Gasteiger charge is 2.07. The second-order valence-electron chi connectivity index (χ2n) is 5.48. The molecule has 2 N–H and O–H groups in total. The number of aromatic nitrogens is 2. The number of aromatic hydroxyl groups is 1. The van der Waals surface area contributed by atoms with Gasteiger partial charge in [0.1, 0.15) is 12.1 Å². The average molecular weight is 400 g/mol. The van der Waals surface area contributed by atoms with Crippen LogP contribution in [0.5, 0.6) is 11.5 Å². The second-order valence-corrected chi connectivity index (χ2v) is 6.39. The number of rotatable bonds is 6. The van der Waals surface area contributed by atoms with E-state index in [9.17, 15) is 5.11 Å². The molecule has 0 bridgehead atoms. The highest BCUT2D eigenvalue weighted by Crippen LogP contribution is 2.30. The first-order valence-corrected chi connectivity index (χ1v) is 8.63. The molecule has 2 aromatic carbocycles. The highest BCUT2D eigenvalue weighted by atomic mass is 79.9. The van der Waals surface area contributed by atoms with E-state index in [0.29, 0.717) is 5.75 Å². The Morgan fingerprint density at radius 1 is 1.08 bits per heavy atom. The smallest absolute Gasteiger partial charge is 0.161 e. The lowest BCUT2D eigenvalue weighted by molar-refractivity contribution is 0.373. The largest absolute Gasteiger partial charge is 0.504 e. The van der Waals surface area contributed by atoms with Gasteiger partial charge in [0.15, 0.2) is 11.5 Å². The predicted molar refractivity (Wildman–Crippen MR) is 102 cm³/mol. The van der Waals surface area contributed by atoms with Crippen LogP contribution in [-0.4, -0.2) is 28.7 Å². The van der Waals surface area contributed by atoms with E-state index >= 15 is 0 Å². The minimum absolute atomic E-state index is 0.105. The molecule has 3 rings (SSSR count). The second kappa shape index (κ2) is 7.98. The fraction of sp³-hybridized carbons (Fsp3) is 0.158. The third kappa shape index (κ3) is 4.48. The van der Waals surface area contributed by atoms with Crippen molar-refractivity contribution in [2.45, 2.75) is 6.42 Å². The summed E-state index contributed by atoms with van der Waals surface area (Å²) in [7, 11) is 1.52. The van der Waals surface area contributed by atoms with Gasteiger partial charge in [-0.1, -0.05) is 28.1 Å². The normalized spacial score (nSPS) is 10.5. The van der Waals surface area contributed by atoms with Gasteiger partial charge in [0.05, 0.1) is 12.8 Å². The molecule has 0 saturated carbocycles. The minimum atomic E-state index is 0.105. The Hall–Kier alpha value is -2.60. The van der Waals surface area contributed by atoms with E-state index in [0.717, 1.165) is 34.5 Å². The first-order valence-electron chi connectivity index (χ1n) is 7.83. The minimum Gasteiger partial charge on any atom is -0.504 e. The van der Waals surface area contributed by atoms with Crippen LogP contribution >= 0.6 is 15.9 Å². The van der Waals surface area contributed by atoms with Crippen molar-refractivity contribution < 1.29 is 9.84 Å². The third-order valence-corrected chi connectivity index (χ3v) is 4.30. The zero-order valence-corrected chi connectivity index (χ0v) is 15.3. The topological polar surface area (TPSA) is 67.3 Å². The van der Waals surface area contributed by atoms with E-state index in [1.165, 1.54) is 19.0 Å². The fourth-order valence-corrected chi connectivity index (χ4v) is 2.70. The van der Waals surface area contributed by atoms with Crippen LogP contribution in [0.15, 0.2) is 59.3 Å². The van der Waals surface area contributed by atoms with Crippen LogP contribution < -0.4 is 10.1 Å². The maximum atomic E-state index is 9.70. The maximum Gasteiger partial charge on any atom is 0.161 e. The number of hydrogen-bond donors (Lipinski definition) is 2. The number of hydrogen-bond acceptors (Lipinski definition) is 5. The molecule has 1 heterocycles. The molecule has 0 amide bonds. The van der Waals surface area contributed by atoms with Gasteiger partial charge in [-0.25, -0.2) is 9.97 Å². The van der Waals surface area contributed by atoms with Crippen molar-refractivity contribution >= 4 is 21.7 Å². The lowest BCUT2D eigenvalue weighted by Crippen LogP contribution is -2.06. The number of phenols is 1. The lowest BCUT2D eigenvalue weighted by atomic mass is 10.1.